The molecule has 0 atom stereocenters. The van der Waals surface area contributed by atoms with Crippen LogP contribution < -0.4 is 26.7 Å². The van der Waals surface area contributed by atoms with E-state index in [-0.39, 0.29) is 50.9 Å². The third-order valence-electron chi connectivity index (χ3n) is 2.43. The molecule has 0 aromatic carbocycles. The molecule has 3 heterocycles. The molecule has 0 radical (unpaired) electrons. The second-order valence-corrected chi connectivity index (χ2v) is 3.66. The Morgan fingerprint density at radius 1 is 1.05 bits per heavy atom. The first kappa shape index (κ1) is 11.7. The minimum Gasteiger partial charge on any atom is -0.359 e. The van der Waals surface area contributed by atoms with E-state index in [2.05, 4.69) is 35.1 Å². The molecule has 20 heavy (non-hydrogen) atoms. The van der Waals surface area contributed by atoms with Crippen molar-refractivity contribution >= 4 is 23.2 Å². The summed E-state index contributed by atoms with van der Waals surface area (Å²) in [4.78, 5) is 4.16. The molecule has 0 aliphatic carbocycles. The van der Waals surface area contributed by atoms with E-state index in [0.29, 0.717) is 0 Å². The van der Waals surface area contributed by atoms with Gasteiger partial charge in [0.1, 0.15) is 5.71 Å². The lowest BCUT2D eigenvalue weighted by molar-refractivity contribution is -0.803. The Labute approximate surface area is 109 Å². The molecule has 13 heteroatoms. The van der Waals surface area contributed by atoms with Crippen LogP contribution in [0.1, 0.15) is 11.4 Å². The summed E-state index contributed by atoms with van der Waals surface area (Å²) < 4.78 is 8.64. The molecular weight excluding hydrogens is 274 g/mol. The predicted octanol–water partition coefficient (Wildman–Crippen LogP) is -3.15. The molecule has 5 N–H and O–H groups in total. The number of hydrazone groups is 1. The summed E-state index contributed by atoms with van der Waals surface area (Å²) in [5.41, 5.74) is 13.4. The largest absolute Gasteiger partial charge is 0.359 e. The summed E-state index contributed by atoms with van der Waals surface area (Å²) in [7, 11) is 0. The van der Waals surface area contributed by atoms with Crippen LogP contribution in [0.4, 0.5) is 11.6 Å². The van der Waals surface area contributed by atoms with Crippen molar-refractivity contribution in [2.75, 3.05) is 18.0 Å². The Kier molecular flexibility index (Phi) is 2.38. The van der Waals surface area contributed by atoms with E-state index >= 15 is 0 Å². The Morgan fingerprint density at radius 2 is 1.65 bits per heavy atom. The fourth-order valence-electron chi connectivity index (χ4n) is 1.59. The van der Waals surface area contributed by atoms with Gasteiger partial charge in [-0.2, -0.15) is 5.10 Å². The van der Waals surface area contributed by atoms with Crippen LogP contribution in [0.25, 0.3) is 0 Å². The molecule has 0 saturated heterocycles. The van der Waals surface area contributed by atoms with Crippen molar-refractivity contribution < 1.29 is 19.1 Å². The zero-order valence-electron chi connectivity index (χ0n) is 9.68. The van der Waals surface area contributed by atoms with Crippen LogP contribution in [0, 0.1) is 10.4 Å². The van der Waals surface area contributed by atoms with Gasteiger partial charge in [-0.25, -0.2) is 4.99 Å². The van der Waals surface area contributed by atoms with Crippen molar-refractivity contribution in [1.82, 2.24) is 15.7 Å². The third-order valence-corrected chi connectivity index (χ3v) is 2.43. The number of hydrogen-bond donors (Lipinski definition) is 3. The van der Waals surface area contributed by atoms with Crippen LogP contribution in [0.15, 0.2) is 19.4 Å². The molecule has 0 fully saturated rings. The summed E-state index contributed by atoms with van der Waals surface area (Å²) >= 11 is 0. The molecule has 1 aliphatic heterocycles. The molecule has 0 amide bonds. The summed E-state index contributed by atoms with van der Waals surface area (Å²) in [5.74, 6) is -0.450. The van der Waals surface area contributed by atoms with Gasteiger partial charge in [-0.1, -0.05) is 0 Å². The first-order valence-corrected chi connectivity index (χ1v) is 5.17. The first-order valence-electron chi connectivity index (χ1n) is 5.17. The van der Waals surface area contributed by atoms with Gasteiger partial charge in [0.15, 0.2) is 0 Å². The second kappa shape index (κ2) is 4.08. The van der Waals surface area contributed by atoms with Gasteiger partial charge in [-0.15, -0.1) is 0 Å². The highest BCUT2D eigenvalue weighted by Crippen LogP contribution is 2.11. The minimum atomic E-state index is -0.196. The fourth-order valence-corrected chi connectivity index (χ4v) is 1.59. The van der Waals surface area contributed by atoms with Gasteiger partial charge < -0.3 is 27.3 Å². The predicted molar refractivity (Wildman–Crippen MR) is 60.8 cm³/mol. The van der Waals surface area contributed by atoms with Crippen LogP contribution in [-0.4, -0.2) is 28.4 Å². The van der Waals surface area contributed by atoms with Crippen LogP contribution in [0.2, 0.25) is 0 Å². The van der Waals surface area contributed by atoms with Crippen LogP contribution in [0.5, 0.6) is 0 Å². The van der Waals surface area contributed by atoms with Crippen LogP contribution in [0.3, 0.4) is 0 Å². The third kappa shape index (κ3) is 1.64. The molecule has 1 aliphatic rings. The summed E-state index contributed by atoms with van der Waals surface area (Å²) in [6.07, 6.45) is 0. The molecule has 0 saturated carbocycles. The molecule has 0 spiro atoms. The van der Waals surface area contributed by atoms with E-state index in [0.717, 1.165) is 0 Å². The van der Waals surface area contributed by atoms with E-state index in [1.165, 1.54) is 0 Å². The Balaban J connectivity index is 2.07. The standard InChI is InChI=1S/C7H7N9O4/c8-5-3(15(17)19-13-5)2-1-10-12-7(11-2)4-6(9)14-20-16(4)18/h10H,1H2,(H2,8,13)(H2,9,14). The van der Waals surface area contributed by atoms with Crippen molar-refractivity contribution in [1.29, 1.82) is 0 Å². The minimum absolute atomic E-state index is 0.0461. The molecular formula is C7H7N9O4. The van der Waals surface area contributed by atoms with Crippen molar-refractivity contribution in [2.24, 2.45) is 10.1 Å². The molecule has 104 valence electrons. The van der Waals surface area contributed by atoms with E-state index < -0.39 is 0 Å². The average molecular weight is 281 g/mol. The topological polar surface area (TPSA) is 195 Å². The molecule has 0 unspecified atom stereocenters. The van der Waals surface area contributed by atoms with Gasteiger partial charge in [-0.05, 0) is 9.81 Å². The lowest BCUT2D eigenvalue weighted by Crippen LogP contribution is -2.40. The Hall–Kier alpha value is -3.38. The number of nitrogens with one attached hydrogen (secondary N) is 1. The van der Waals surface area contributed by atoms with Gasteiger partial charge in [0, 0.05) is 0 Å². The number of nitrogen functional groups attached to an aromatic ring is 2. The first-order chi connectivity index (χ1) is 9.58. The molecule has 0 bridgehead atoms. The van der Waals surface area contributed by atoms with Gasteiger partial charge in [0.2, 0.25) is 5.84 Å². The van der Waals surface area contributed by atoms with Crippen molar-refractivity contribution in [2.45, 2.75) is 0 Å². The number of nitrogens with two attached hydrogens (primary N) is 2. The molecule has 3 rings (SSSR count). The van der Waals surface area contributed by atoms with E-state index in [1.807, 2.05) is 0 Å². The normalized spacial score (nSPS) is 14.6. The summed E-state index contributed by atoms with van der Waals surface area (Å²) in [6.45, 7) is 0.0845. The highest BCUT2D eigenvalue weighted by molar-refractivity contribution is 6.14. The van der Waals surface area contributed by atoms with Crippen molar-refractivity contribution in [3.63, 3.8) is 0 Å². The zero-order chi connectivity index (χ0) is 14.3. The van der Waals surface area contributed by atoms with Gasteiger partial charge >= 0.3 is 11.6 Å². The van der Waals surface area contributed by atoms with E-state index in [9.17, 15) is 10.4 Å². The number of rotatable bonds is 2. The van der Waals surface area contributed by atoms with Crippen LogP contribution >= 0.6 is 0 Å². The molecule has 2 aromatic rings. The lowest BCUT2D eigenvalue weighted by atomic mass is 10.2. The van der Waals surface area contributed by atoms with Crippen molar-refractivity contribution in [3.05, 3.63) is 21.8 Å². The van der Waals surface area contributed by atoms with Gasteiger partial charge in [0.05, 0.1) is 16.9 Å². The number of aromatic nitrogens is 4. The fraction of sp³-hybridized carbons (Fsp3) is 0.143. The second-order valence-electron chi connectivity index (χ2n) is 3.66. The number of anilines is 2. The average Bonchev–Trinajstić information content (AvgIpc) is 2.93. The number of hydrogen-bond acceptors (Lipinski definition) is 11. The van der Waals surface area contributed by atoms with Gasteiger partial charge in [0.25, 0.3) is 11.4 Å². The maximum atomic E-state index is 11.4. The van der Waals surface area contributed by atoms with Gasteiger partial charge in [-0.3, -0.25) is 9.26 Å². The summed E-state index contributed by atoms with van der Waals surface area (Å²) in [6, 6.07) is 0. The monoisotopic (exact) mass is 281 g/mol. The molecule has 13 nitrogen and oxygen atoms in total. The van der Waals surface area contributed by atoms with Crippen molar-refractivity contribution in [3.8, 4) is 0 Å². The number of aliphatic imine (C=N–C) groups is 1. The smallest absolute Gasteiger partial charge is 0.316 e. The van der Waals surface area contributed by atoms with E-state index in [1.54, 1.807) is 0 Å². The summed E-state index contributed by atoms with van der Waals surface area (Å²) in [5, 5.41) is 33.1. The number of nitrogens with zero attached hydrogens (tertiary/aromatic N) is 6. The highest BCUT2D eigenvalue weighted by Gasteiger charge is 2.29. The number of amidine groups is 1. The maximum Gasteiger partial charge on any atom is 0.316 e. The lowest BCUT2D eigenvalue weighted by Gasteiger charge is -2.09. The highest BCUT2D eigenvalue weighted by atomic mass is 16.8. The van der Waals surface area contributed by atoms with Crippen LogP contribution in [-0.2, 0) is 0 Å². The quantitative estimate of drug-likeness (QED) is 0.476. The Morgan fingerprint density at radius 3 is 2.20 bits per heavy atom. The molecule has 2 aromatic heterocycles. The SMILES string of the molecule is Nc1no[n+]([O-])c1C1=NC(c2c(N)no[n+]2[O-])=NNC1. The maximum absolute atomic E-state index is 11.4. The Bertz CT molecular complexity index is 690. The van der Waals surface area contributed by atoms with E-state index in [4.69, 9.17) is 11.5 Å². The zero-order valence-corrected chi connectivity index (χ0v) is 9.68.